The lowest BCUT2D eigenvalue weighted by Gasteiger charge is -2.11. The molecule has 0 amide bonds. The van der Waals surface area contributed by atoms with Crippen LogP contribution in [-0.2, 0) is 0 Å². The number of nitrogens with zero attached hydrogens (tertiary/aromatic N) is 3. The highest BCUT2D eigenvalue weighted by molar-refractivity contribution is 7.26. The van der Waals surface area contributed by atoms with Crippen molar-refractivity contribution in [2.45, 2.75) is 0 Å². The molecule has 48 heavy (non-hydrogen) atoms. The smallest absolute Gasteiger partial charge is 0.0999 e. The molecule has 3 nitrogen and oxygen atoms in total. The maximum Gasteiger partial charge on any atom is 0.0999 e. The number of aromatic nitrogens is 2. The topological polar surface area (TPSA) is 41.6 Å². The number of thiophene rings is 1. The van der Waals surface area contributed by atoms with Gasteiger partial charge in [-0.15, -0.1) is 11.3 Å². The quantitative estimate of drug-likeness (QED) is 0.196. The van der Waals surface area contributed by atoms with Gasteiger partial charge >= 0.3 is 0 Å². The average molecular weight is 628 g/mol. The standard InChI is InChI=1S/C44H25N3S/c45-26-30-25-39(46-38-14-5-3-9-32(30)38)28-16-20-31(21-17-28)47-40-22-19-29(24-37(40)43-33-10-2-1-8-27(33)18-23-41(43)47)34-12-7-13-36-35-11-4-6-15-42(35)48-44(34)36/h1-25H. The van der Waals surface area contributed by atoms with Gasteiger partial charge in [0.15, 0.2) is 0 Å². The van der Waals surface area contributed by atoms with E-state index in [4.69, 9.17) is 4.98 Å². The molecular weight excluding hydrogens is 603 g/mol. The first kappa shape index (κ1) is 26.9. The lowest BCUT2D eigenvalue weighted by molar-refractivity contribution is 1.18. The van der Waals surface area contributed by atoms with E-state index < -0.39 is 0 Å². The van der Waals surface area contributed by atoms with Crippen molar-refractivity contribution < 1.29 is 0 Å². The molecule has 7 aromatic carbocycles. The Hall–Kier alpha value is -6.28. The summed E-state index contributed by atoms with van der Waals surface area (Å²) < 4.78 is 5.01. The molecule has 0 radical (unpaired) electrons. The highest BCUT2D eigenvalue weighted by atomic mass is 32.1. The van der Waals surface area contributed by atoms with E-state index in [1.54, 1.807) is 0 Å². The number of rotatable bonds is 3. The van der Waals surface area contributed by atoms with Gasteiger partial charge in [0.1, 0.15) is 0 Å². The fraction of sp³-hybridized carbons (Fsp3) is 0. The molecule has 0 saturated carbocycles. The Morgan fingerprint density at radius 2 is 1.29 bits per heavy atom. The van der Waals surface area contributed by atoms with E-state index in [2.05, 4.69) is 132 Å². The molecule has 0 atom stereocenters. The molecule has 0 aliphatic carbocycles. The maximum atomic E-state index is 9.85. The van der Waals surface area contributed by atoms with Crippen molar-refractivity contribution in [1.82, 2.24) is 9.55 Å². The van der Waals surface area contributed by atoms with Crippen LogP contribution in [0.3, 0.4) is 0 Å². The highest BCUT2D eigenvalue weighted by Gasteiger charge is 2.18. The third-order valence-electron chi connectivity index (χ3n) is 9.63. The molecule has 3 aromatic heterocycles. The van der Waals surface area contributed by atoms with Crippen molar-refractivity contribution in [2.75, 3.05) is 0 Å². The Bertz CT molecular complexity index is 2960. The summed E-state index contributed by atoms with van der Waals surface area (Å²) in [6.07, 6.45) is 0. The minimum Gasteiger partial charge on any atom is -0.309 e. The van der Waals surface area contributed by atoms with Crippen molar-refractivity contribution in [3.05, 3.63) is 157 Å². The fourth-order valence-electron chi connectivity index (χ4n) is 7.41. The van der Waals surface area contributed by atoms with Crippen molar-refractivity contribution in [2.24, 2.45) is 0 Å². The normalized spacial score (nSPS) is 11.7. The summed E-state index contributed by atoms with van der Waals surface area (Å²) in [6.45, 7) is 0. The molecule has 0 bridgehead atoms. The highest BCUT2D eigenvalue weighted by Crippen LogP contribution is 2.43. The number of benzene rings is 7. The minimum atomic E-state index is 0.635. The molecule has 0 aliphatic heterocycles. The summed E-state index contributed by atoms with van der Waals surface area (Å²) in [5, 5.41) is 18.3. The van der Waals surface area contributed by atoms with Crippen LogP contribution in [-0.4, -0.2) is 9.55 Å². The SMILES string of the molecule is N#Cc1cc(-c2ccc(-n3c4ccc(-c5cccc6c5sc5ccccc56)cc4c4c5ccccc5ccc43)cc2)nc2ccccc12. The molecule has 0 unspecified atom stereocenters. The van der Waals surface area contributed by atoms with E-state index in [-0.39, 0.29) is 0 Å². The van der Waals surface area contributed by atoms with Gasteiger partial charge in [0, 0.05) is 47.6 Å². The fourth-order valence-corrected chi connectivity index (χ4v) is 8.65. The average Bonchev–Trinajstić information content (AvgIpc) is 3.70. The molecule has 222 valence electrons. The molecule has 0 spiro atoms. The zero-order valence-corrected chi connectivity index (χ0v) is 26.5. The van der Waals surface area contributed by atoms with Crippen molar-refractivity contribution in [3.63, 3.8) is 0 Å². The second-order valence-electron chi connectivity index (χ2n) is 12.3. The van der Waals surface area contributed by atoms with Crippen molar-refractivity contribution >= 4 is 75.0 Å². The Morgan fingerprint density at radius 3 is 2.17 bits per heavy atom. The predicted octanol–water partition coefficient (Wildman–Crippen LogP) is 12.1. The molecule has 10 aromatic rings. The summed E-state index contributed by atoms with van der Waals surface area (Å²) in [4.78, 5) is 4.90. The first-order chi connectivity index (χ1) is 23.7. The van der Waals surface area contributed by atoms with E-state index in [9.17, 15) is 5.26 Å². The van der Waals surface area contributed by atoms with Crippen LogP contribution in [0.2, 0.25) is 0 Å². The van der Waals surface area contributed by atoms with E-state index in [0.29, 0.717) is 5.56 Å². The summed E-state index contributed by atoms with van der Waals surface area (Å²) >= 11 is 1.87. The first-order valence-corrected chi connectivity index (χ1v) is 16.8. The third-order valence-corrected chi connectivity index (χ3v) is 10.8. The van der Waals surface area contributed by atoms with Gasteiger partial charge in [0.2, 0.25) is 0 Å². The number of hydrogen-bond donors (Lipinski definition) is 0. The lowest BCUT2D eigenvalue weighted by Crippen LogP contribution is -1.95. The van der Waals surface area contributed by atoms with Gasteiger partial charge in [-0.1, -0.05) is 103 Å². The van der Waals surface area contributed by atoms with Crippen LogP contribution in [0.25, 0.3) is 91.7 Å². The number of fused-ring (bicyclic) bond motifs is 9. The lowest BCUT2D eigenvalue weighted by atomic mass is 9.99. The van der Waals surface area contributed by atoms with Crippen LogP contribution in [0.1, 0.15) is 5.56 Å². The number of hydrogen-bond acceptors (Lipinski definition) is 3. The van der Waals surface area contributed by atoms with Crippen LogP contribution in [0, 0.1) is 11.3 Å². The van der Waals surface area contributed by atoms with E-state index >= 15 is 0 Å². The minimum absolute atomic E-state index is 0.635. The third kappa shape index (κ3) is 3.95. The molecule has 10 rings (SSSR count). The Labute approximate surface area is 280 Å². The van der Waals surface area contributed by atoms with Crippen molar-refractivity contribution in [1.29, 1.82) is 5.26 Å². The van der Waals surface area contributed by atoms with Gasteiger partial charge in [0.05, 0.1) is 33.9 Å². The summed E-state index contributed by atoms with van der Waals surface area (Å²) in [5.74, 6) is 0. The van der Waals surface area contributed by atoms with Gasteiger partial charge in [-0.05, 0) is 70.4 Å². The number of pyridine rings is 1. The second-order valence-corrected chi connectivity index (χ2v) is 13.3. The van der Waals surface area contributed by atoms with E-state index in [1.165, 1.54) is 58.4 Å². The van der Waals surface area contributed by atoms with Crippen LogP contribution < -0.4 is 0 Å². The van der Waals surface area contributed by atoms with Gasteiger partial charge in [-0.25, -0.2) is 4.98 Å². The summed E-state index contributed by atoms with van der Waals surface area (Å²) in [7, 11) is 0. The zero-order chi connectivity index (χ0) is 31.8. The molecule has 0 aliphatic rings. The van der Waals surface area contributed by atoms with E-state index in [1.807, 2.05) is 41.7 Å². The van der Waals surface area contributed by atoms with Gasteiger partial charge in [-0.3, -0.25) is 0 Å². The molecule has 4 heteroatoms. The van der Waals surface area contributed by atoms with Gasteiger partial charge < -0.3 is 4.57 Å². The molecule has 0 N–H and O–H groups in total. The Kier molecular flexibility index (Phi) is 5.81. The molecule has 3 heterocycles. The number of para-hydroxylation sites is 1. The summed E-state index contributed by atoms with van der Waals surface area (Å²) in [5.41, 5.74) is 9.13. The van der Waals surface area contributed by atoms with Crippen LogP contribution in [0.5, 0.6) is 0 Å². The van der Waals surface area contributed by atoms with Crippen LogP contribution in [0.4, 0.5) is 0 Å². The Morgan fingerprint density at radius 1 is 0.562 bits per heavy atom. The second kappa shape index (κ2) is 10.4. The van der Waals surface area contributed by atoms with Crippen LogP contribution >= 0.6 is 11.3 Å². The largest absolute Gasteiger partial charge is 0.309 e. The molecular formula is C44H25N3S. The van der Waals surface area contributed by atoms with Gasteiger partial charge in [0.25, 0.3) is 0 Å². The van der Waals surface area contributed by atoms with Gasteiger partial charge in [-0.2, -0.15) is 5.26 Å². The maximum absolute atomic E-state index is 9.85. The first-order valence-electron chi connectivity index (χ1n) is 16.0. The number of nitriles is 1. The summed E-state index contributed by atoms with van der Waals surface area (Å²) in [6, 6.07) is 56.1. The van der Waals surface area contributed by atoms with E-state index in [0.717, 1.165) is 33.4 Å². The molecule has 0 fully saturated rings. The monoisotopic (exact) mass is 627 g/mol. The van der Waals surface area contributed by atoms with Crippen molar-refractivity contribution in [3.8, 4) is 34.1 Å². The predicted molar refractivity (Wildman–Crippen MR) is 202 cm³/mol. The Balaban J connectivity index is 1.18. The zero-order valence-electron chi connectivity index (χ0n) is 25.7. The molecule has 0 saturated heterocycles. The van der Waals surface area contributed by atoms with Crippen LogP contribution in [0.15, 0.2) is 152 Å².